The van der Waals surface area contributed by atoms with E-state index in [4.69, 9.17) is 23.2 Å². The van der Waals surface area contributed by atoms with Gasteiger partial charge in [-0.05, 0) is 63.0 Å². The van der Waals surface area contributed by atoms with Gasteiger partial charge < -0.3 is 10.2 Å². The van der Waals surface area contributed by atoms with Crippen molar-refractivity contribution in [3.8, 4) is 0 Å². The van der Waals surface area contributed by atoms with Gasteiger partial charge in [-0.25, -0.2) is 9.97 Å². The van der Waals surface area contributed by atoms with Crippen molar-refractivity contribution >= 4 is 52.1 Å². The SMILES string of the molecule is CN(C)CCCNc1nc(/C=C/c2ccc(Cl)c(Cl)c2)nc2c(C(F)(F)F)cccc12. The van der Waals surface area contributed by atoms with E-state index in [9.17, 15) is 13.2 Å². The summed E-state index contributed by atoms with van der Waals surface area (Å²) < 4.78 is 40.7. The van der Waals surface area contributed by atoms with E-state index in [1.54, 1.807) is 36.4 Å². The lowest BCUT2D eigenvalue weighted by Gasteiger charge is -2.14. The van der Waals surface area contributed by atoms with Gasteiger partial charge in [0.25, 0.3) is 0 Å². The van der Waals surface area contributed by atoms with Crippen molar-refractivity contribution in [2.75, 3.05) is 32.5 Å². The largest absolute Gasteiger partial charge is 0.418 e. The molecule has 1 heterocycles. The van der Waals surface area contributed by atoms with E-state index in [2.05, 4.69) is 15.3 Å². The van der Waals surface area contributed by atoms with Crippen LogP contribution in [-0.4, -0.2) is 42.1 Å². The monoisotopic (exact) mass is 468 g/mol. The van der Waals surface area contributed by atoms with Crippen LogP contribution in [0.25, 0.3) is 23.1 Å². The lowest BCUT2D eigenvalue weighted by molar-refractivity contribution is -0.136. The van der Waals surface area contributed by atoms with Crippen LogP contribution in [0.2, 0.25) is 10.0 Å². The van der Waals surface area contributed by atoms with Crippen LogP contribution in [0, 0.1) is 0 Å². The van der Waals surface area contributed by atoms with Crippen LogP contribution in [0.3, 0.4) is 0 Å². The van der Waals surface area contributed by atoms with Crippen molar-refractivity contribution in [3.63, 3.8) is 0 Å². The zero-order chi connectivity index (χ0) is 22.6. The lowest BCUT2D eigenvalue weighted by atomic mass is 10.1. The van der Waals surface area contributed by atoms with Gasteiger partial charge in [-0.2, -0.15) is 13.2 Å². The molecule has 0 aliphatic rings. The molecule has 4 nitrogen and oxygen atoms in total. The maximum Gasteiger partial charge on any atom is 0.418 e. The van der Waals surface area contributed by atoms with Crippen molar-refractivity contribution < 1.29 is 13.2 Å². The Balaban J connectivity index is 2.01. The van der Waals surface area contributed by atoms with Crippen LogP contribution in [0.1, 0.15) is 23.4 Å². The number of aromatic nitrogens is 2. The van der Waals surface area contributed by atoms with Gasteiger partial charge in [-0.3, -0.25) is 0 Å². The molecule has 0 radical (unpaired) electrons. The van der Waals surface area contributed by atoms with E-state index in [0.717, 1.165) is 24.6 Å². The Kier molecular flexibility index (Phi) is 7.41. The molecule has 0 saturated carbocycles. The molecule has 0 aliphatic carbocycles. The molecule has 0 bridgehead atoms. The summed E-state index contributed by atoms with van der Waals surface area (Å²) in [4.78, 5) is 10.7. The molecule has 3 rings (SSSR count). The molecular formula is C22H21Cl2F3N4. The van der Waals surface area contributed by atoms with Gasteiger partial charge in [0.15, 0.2) is 5.82 Å². The van der Waals surface area contributed by atoms with Gasteiger partial charge in [0.1, 0.15) is 5.82 Å². The van der Waals surface area contributed by atoms with Crippen molar-refractivity contribution in [1.82, 2.24) is 14.9 Å². The highest BCUT2D eigenvalue weighted by molar-refractivity contribution is 6.42. The molecule has 164 valence electrons. The highest BCUT2D eigenvalue weighted by Crippen LogP contribution is 2.35. The molecule has 0 aliphatic heterocycles. The molecule has 31 heavy (non-hydrogen) atoms. The van der Waals surface area contributed by atoms with Crippen LogP contribution in [-0.2, 0) is 6.18 Å². The highest BCUT2D eigenvalue weighted by atomic mass is 35.5. The first-order valence-electron chi connectivity index (χ1n) is 9.55. The van der Waals surface area contributed by atoms with E-state index in [1.807, 2.05) is 19.0 Å². The fourth-order valence-corrected chi connectivity index (χ4v) is 3.30. The van der Waals surface area contributed by atoms with Crippen LogP contribution < -0.4 is 5.32 Å². The van der Waals surface area contributed by atoms with Gasteiger partial charge in [-0.15, -0.1) is 0 Å². The minimum Gasteiger partial charge on any atom is -0.369 e. The third-order valence-corrected chi connectivity index (χ3v) is 5.23. The Morgan fingerprint density at radius 2 is 1.81 bits per heavy atom. The third kappa shape index (κ3) is 6.09. The Morgan fingerprint density at radius 1 is 1.03 bits per heavy atom. The third-order valence-electron chi connectivity index (χ3n) is 4.49. The summed E-state index contributed by atoms with van der Waals surface area (Å²) in [6.07, 6.45) is -0.487. The summed E-state index contributed by atoms with van der Waals surface area (Å²) in [5.74, 6) is 0.522. The number of fused-ring (bicyclic) bond motifs is 1. The number of para-hydroxylation sites is 1. The van der Waals surface area contributed by atoms with E-state index in [0.29, 0.717) is 27.8 Å². The number of anilines is 1. The predicted octanol–water partition coefficient (Wildman–Crippen LogP) is 6.49. The minimum atomic E-state index is -4.53. The minimum absolute atomic E-state index is 0.145. The maximum atomic E-state index is 13.6. The molecule has 9 heteroatoms. The van der Waals surface area contributed by atoms with Crippen molar-refractivity contribution in [2.45, 2.75) is 12.6 Å². The smallest absolute Gasteiger partial charge is 0.369 e. The molecule has 1 aromatic heterocycles. The van der Waals surface area contributed by atoms with Crippen LogP contribution in [0.4, 0.5) is 19.0 Å². The average molecular weight is 469 g/mol. The van der Waals surface area contributed by atoms with Crippen LogP contribution >= 0.6 is 23.2 Å². The molecule has 2 aromatic carbocycles. The maximum absolute atomic E-state index is 13.6. The number of alkyl halides is 3. The molecule has 0 unspecified atom stereocenters. The van der Waals surface area contributed by atoms with E-state index in [1.165, 1.54) is 6.07 Å². The first-order chi connectivity index (χ1) is 14.6. The fourth-order valence-electron chi connectivity index (χ4n) is 3.00. The normalized spacial score (nSPS) is 12.3. The molecule has 0 spiro atoms. The zero-order valence-corrected chi connectivity index (χ0v) is 18.5. The summed E-state index contributed by atoms with van der Waals surface area (Å²) in [5, 5.41) is 4.28. The number of benzene rings is 2. The first kappa shape index (κ1) is 23.3. The second kappa shape index (κ2) is 9.85. The Labute approximate surface area is 188 Å². The molecule has 0 fully saturated rings. The number of rotatable bonds is 7. The van der Waals surface area contributed by atoms with Gasteiger partial charge in [-0.1, -0.05) is 41.4 Å². The molecule has 3 aromatic rings. The van der Waals surface area contributed by atoms with E-state index in [-0.39, 0.29) is 11.3 Å². The zero-order valence-electron chi connectivity index (χ0n) is 17.0. The Hall–Kier alpha value is -2.35. The molecule has 1 N–H and O–H groups in total. The quantitative estimate of drug-likeness (QED) is 0.402. The highest BCUT2D eigenvalue weighted by Gasteiger charge is 2.33. The number of nitrogens with one attached hydrogen (secondary N) is 1. The fraction of sp³-hybridized carbons (Fsp3) is 0.273. The van der Waals surface area contributed by atoms with Crippen LogP contribution in [0.5, 0.6) is 0 Å². The second-order valence-corrected chi connectivity index (χ2v) is 8.03. The second-order valence-electron chi connectivity index (χ2n) is 7.22. The molecular weight excluding hydrogens is 448 g/mol. The van der Waals surface area contributed by atoms with Crippen molar-refractivity contribution in [3.05, 3.63) is 63.4 Å². The summed E-state index contributed by atoms with van der Waals surface area (Å²) in [5.41, 5.74) is -0.218. The topological polar surface area (TPSA) is 41.0 Å². The molecule has 0 atom stereocenters. The van der Waals surface area contributed by atoms with Crippen molar-refractivity contribution in [2.24, 2.45) is 0 Å². The average Bonchev–Trinajstić information content (AvgIpc) is 2.70. The number of hydrogen-bond acceptors (Lipinski definition) is 4. The summed E-state index contributed by atoms with van der Waals surface area (Å²) >= 11 is 12.0. The van der Waals surface area contributed by atoms with Crippen molar-refractivity contribution in [1.29, 1.82) is 0 Å². The first-order valence-corrected chi connectivity index (χ1v) is 10.3. The number of nitrogens with zero attached hydrogens (tertiary/aromatic N) is 3. The van der Waals surface area contributed by atoms with Gasteiger partial charge in [0.05, 0.1) is 21.1 Å². The van der Waals surface area contributed by atoms with E-state index >= 15 is 0 Å². The number of hydrogen-bond donors (Lipinski definition) is 1. The summed E-state index contributed by atoms with van der Waals surface area (Å²) in [6.45, 7) is 1.41. The summed E-state index contributed by atoms with van der Waals surface area (Å²) in [7, 11) is 3.92. The Bertz CT molecular complexity index is 1100. The summed E-state index contributed by atoms with van der Waals surface area (Å²) in [6, 6.07) is 9.02. The lowest BCUT2D eigenvalue weighted by Crippen LogP contribution is -2.17. The van der Waals surface area contributed by atoms with Gasteiger partial charge >= 0.3 is 6.18 Å². The number of halogens is 5. The Morgan fingerprint density at radius 3 is 2.48 bits per heavy atom. The van der Waals surface area contributed by atoms with Gasteiger partial charge in [0.2, 0.25) is 0 Å². The molecule has 0 amide bonds. The van der Waals surface area contributed by atoms with Gasteiger partial charge in [0, 0.05) is 11.9 Å². The van der Waals surface area contributed by atoms with E-state index < -0.39 is 11.7 Å². The molecule has 0 saturated heterocycles. The predicted molar refractivity (Wildman–Crippen MR) is 122 cm³/mol. The standard InChI is InChI=1S/C22H21Cl2F3N4/c1-31(2)12-4-11-28-21-15-5-3-6-16(22(25,26)27)20(15)29-19(30-21)10-8-14-7-9-17(23)18(24)13-14/h3,5-10,13H,4,11-12H2,1-2H3,(H,28,29,30)/b10-8+. The van der Waals surface area contributed by atoms with Crippen LogP contribution in [0.15, 0.2) is 36.4 Å².